The van der Waals surface area contributed by atoms with Crippen LogP contribution in [-0.2, 0) is 14.8 Å². The number of hydrogen-bond donors (Lipinski definition) is 2. The number of amides is 1. The largest absolute Gasteiger partial charge is 0.376 e. The van der Waals surface area contributed by atoms with Gasteiger partial charge in [-0.15, -0.1) is 0 Å². The Hall–Kier alpha value is -3.16. The summed E-state index contributed by atoms with van der Waals surface area (Å²) < 4.78 is 25.6. The number of carbonyl (C=O) groups excluding carboxylic acids is 1. The van der Waals surface area contributed by atoms with E-state index in [0.29, 0.717) is 5.69 Å². The van der Waals surface area contributed by atoms with Crippen molar-refractivity contribution in [3.63, 3.8) is 0 Å². The molecule has 0 aliphatic rings. The number of nitrogens with one attached hydrogen (secondary N) is 2. The Morgan fingerprint density at radius 3 is 2.31 bits per heavy atom. The van der Waals surface area contributed by atoms with Gasteiger partial charge in [0.15, 0.2) is 0 Å². The fourth-order valence-corrected chi connectivity index (χ4v) is 3.78. The molecule has 6 nitrogen and oxygen atoms in total. The molecule has 3 aromatic carbocycles. The first kappa shape index (κ1) is 20.6. The van der Waals surface area contributed by atoms with E-state index in [9.17, 15) is 13.2 Å². The molecule has 0 aromatic heterocycles. The maximum atomic E-state index is 12.4. The number of carbonyl (C=O) groups is 1. The lowest BCUT2D eigenvalue weighted by Gasteiger charge is -2.14. The minimum absolute atomic E-state index is 0.0501. The minimum atomic E-state index is -3.56. The lowest BCUT2D eigenvalue weighted by molar-refractivity contribution is -0.114. The van der Waals surface area contributed by atoms with Gasteiger partial charge >= 0.3 is 0 Å². The Kier molecular flexibility index (Phi) is 6.31. The summed E-state index contributed by atoms with van der Waals surface area (Å²) in [6.07, 6.45) is 0. The molecule has 150 valence electrons. The molecule has 0 spiro atoms. The Morgan fingerprint density at radius 2 is 1.59 bits per heavy atom. The lowest BCUT2D eigenvalue weighted by atomic mass is 10.0. The Morgan fingerprint density at radius 1 is 0.897 bits per heavy atom. The van der Waals surface area contributed by atoms with Crippen molar-refractivity contribution in [3.05, 3.63) is 78.9 Å². The molecule has 2 N–H and O–H groups in total. The summed E-state index contributed by atoms with van der Waals surface area (Å²) in [5.41, 5.74) is 3.33. The van der Waals surface area contributed by atoms with Crippen LogP contribution in [0.3, 0.4) is 0 Å². The van der Waals surface area contributed by atoms with Crippen LogP contribution in [-0.4, -0.2) is 39.3 Å². The van der Waals surface area contributed by atoms with Crippen LogP contribution in [0.5, 0.6) is 0 Å². The molecular weight excluding hydrogens is 386 g/mol. The third-order valence-corrected chi connectivity index (χ3v) is 6.16. The summed E-state index contributed by atoms with van der Waals surface area (Å²) in [5.74, 6) is -0.271. The van der Waals surface area contributed by atoms with E-state index in [1.165, 1.54) is 26.2 Å². The third-order valence-electron chi connectivity index (χ3n) is 4.35. The molecule has 29 heavy (non-hydrogen) atoms. The summed E-state index contributed by atoms with van der Waals surface area (Å²) in [6, 6.07) is 23.9. The number of sulfonamides is 1. The topological polar surface area (TPSA) is 78.5 Å². The van der Waals surface area contributed by atoms with Gasteiger partial charge in [-0.05, 0) is 29.8 Å². The van der Waals surface area contributed by atoms with Gasteiger partial charge in [0, 0.05) is 31.0 Å². The van der Waals surface area contributed by atoms with Crippen molar-refractivity contribution in [3.8, 4) is 11.1 Å². The zero-order valence-electron chi connectivity index (χ0n) is 16.3. The molecule has 7 heteroatoms. The van der Waals surface area contributed by atoms with Crippen LogP contribution in [0.4, 0.5) is 11.4 Å². The van der Waals surface area contributed by atoms with Gasteiger partial charge in [-0.1, -0.05) is 54.6 Å². The van der Waals surface area contributed by atoms with Gasteiger partial charge in [0.2, 0.25) is 15.9 Å². The lowest BCUT2D eigenvalue weighted by Crippen LogP contribution is -2.23. The van der Waals surface area contributed by atoms with Crippen molar-refractivity contribution in [2.75, 3.05) is 31.3 Å². The van der Waals surface area contributed by atoms with Crippen LogP contribution in [0.1, 0.15) is 0 Å². The normalized spacial score (nSPS) is 11.3. The SMILES string of the molecule is CN(C)S(=O)(=O)c1cccc(NC(=O)CNc2ccccc2-c2ccccc2)c1. The molecule has 3 aromatic rings. The van der Waals surface area contributed by atoms with E-state index in [1.54, 1.807) is 12.1 Å². The molecule has 0 aliphatic heterocycles. The van der Waals surface area contributed by atoms with Crippen molar-refractivity contribution in [2.45, 2.75) is 4.90 Å². The molecule has 0 heterocycles. The van der Waals surface area contributed by atoms with Crippen LogP contribution in [0.25, 0.3) is 11.1 Å². The van der Waals surface area contributed by atoms with E-state index >= 15 is 0 Å². The second-order valence-corrected chi connectivity index (χ2v) is 8.78. The van der Waals surface area contributed by atoms with Crippen molar-refractivity contribution in [1.29, 1.82) is 0 Å². The number of rotatable bonds is 7. The van der Waals surface area contributed by atoms with E-state index in [4.69, 9.17) is 0 Å². The maximum Gasteiger partial charge on any atom is 0.243 e. The third kappa shape index (κ3) is 5.01. The van der Waals surface area contributed by atoms with Crippen LogP contribution in [0.2, 0.25) is 0 Å². The van der Waals surface area contributed by atoms with Crippen LogP contribution >= 0.6 is 0 Å². The molecule has 3 rings (SSSR count). The summed E-state index contributed by atoms with van der Waals surface area (Å²) in [7, 11) is -0.626. The first-order valence-corrected chi connectivity index (χ1v) is 10.5. The van der Waals surface area contributed by atoms with Gasteiger partial charge < -0.3 is 10.6 Å². The first-order valence-electron chi connectivity index (χ1n) is 9.09. The second kappa shape index (κ2) is 8.89. The Bertz CT molecular complexity index is 1100. The molecule has 0 bridgehead atoms. The summed E-state index contributed by atoms with van der Waals surface area (Å²) in [4.78, 5) is 12.5. The molecule has 0 saturated carbocycles. The molecule has 0 unspecified atom stereocenters. The van der Waals surface area contributed by atoms with E-state index < -0.39 is 10.0 Å². The zero-order valence-corrected chi connectivity index (χ0v) is 17.1. The Labute approximate surface area is 171 Å². The predicted molar refractivity (Wildman–Crippen MR) is 116 cm³/mol. The van der Waals surface area contributed by atoms with Crippen LogP contribution < -0.4 is 10.6 Å². The molecule has 1 amide bonds. The zero-order chi connectivity index (χ0) is 20.9. The van der Waals surface area contributed by atoms with Gasteiger partial charge in [-0.2, -0.15) is 0 Å². The van der Waals surface area contributed by atoms with Crippen molar-refractivity contribution in [2.24, 2.45) is 0 Å². The summed E-state index contributed by atoms with van der Waals surface area (Å²) in [5, 5.41) is 5.89. The van der Waals surface area contributed by atoms with Crippen molar-refractivity contribution >= 4 is 27.3 Å². The maximum absolute atomic E-state index is 12.4. The smallest absolute Gasteiger partial charge is 0.243 e. The Balaban J connectivity index is 1.69. The van der Waals surface area contributed by atoms with Gasteiger partial charge in [-0.3, -0.25) is 4.79 Å². The van der Waals surface area contributed by atoms with Gasteiger partial charge in [0.05, 0.1) is 11.4 Å². The molecule has 0 saturated heterocycles. The monoisotopic (exact) mass is 409 g/mol. The van der Waals surface area contributed by atoms with Gasteiger partial charge in [0.1, 0.15) is 0 Å². The number of anilines is 2. The number of hydrogen-bond acceptors (Lipinski definition) is 4. The molecule has 0 aliphatic carbocycles. The fraction of sp³-hybridized carbons (Fsp3) is 0.136. The van der Waals surface area contributed by atoms with E-state index in [0.717, 1.165) is 21.1 Å². The summed E-state index contributed by atoms with van der Waals surface area (Å²) >= 11 is 0. The molecule has 0 fully saturated rings. The van der Waals surface area contributed by atoms with Crippen LogP contribution in [0, 0.1) is 0 Å². The number of nitrogens with zero attached hydrogens (tertiary/aromatic N) is 1. The number of benzene rings is 3. The highest BCUT2D eigenvalue weighted by Gasteiger charge is 2.17. The average molecular weight is 410 g/mol. The first-order chi connectivity index (χ1) is 13.9. The highest BCUT2D eigenvalue weighted by Crippen LogP contribution is 2.27. The quantitative estimate of drug-likeness (QED) is 0.624. The van der Waals surface area contributed by atoms with E-state index in [1.807, 2.05) is 54.6 Å². The van der Waals surface area contributed by atoms with Gasteiger partial charge in [-0.25, -0.2) is 12.7 Å². The molecule has 0 radical (unpaired) electrons. The standard InChI is InChI=1S/C22H23N3O3S/c1-25(2)29(27,28)19-12-8-11-18(15-19)24-22(26)16-23-21-14-7-6-13-20(21)17-9-4-3-5-10-17/h3-15,23H,16H2,1-2H3,(H,24,26). The summed E-state index contributed by atoms with van der Waals surface area (Å²) in [6.45, 7) is 0.0501. The predicted octanol–water partition coefficient (Wildman–Crippen LogP) is 3.65. The second-order valence-electron chi connectivity index (χ2n) is 6.63. The van der Waals surface area contributed by atoms with Crippen molar-refractivity contribution in [1.82, 2.24) is 4.31 Å². The molecular formula is C22H23N3O3S. The van der Waals surface area contributed by atoms with E-state index in [2.05, 4.69) is 10.6 Å². The van der Waals surface area contributed by atoms with E-state index in [-0.39, 0.29) is 17.3 Å². The highest BCUT2D eigenvalue weighted by molar-refractivity contribution is 7.89. The fourth-order valence-electron chi connectivity index (χ4n) is 2.83. The van der Waals surface area contributed by atoms with Crippen molar-refractivity contribution < 1.29 is 13.2 Å². The van der Waals surface area contributed by atoms with Gasteiger partial charge in [0.25, 0.3) is 0 Å². The molecule has 0 atom stereocenters. The highest BCUT2D eigenvalue weighted by atomic mass is 32.2. The average Bonchev–Trinajstić information content (AvgIpc) is 2.73. The minimum Gasteiger partial charge on any atom is -0.376 e. The van der Waals surface area contributed by atoms with Crippen LogP contribution in [0.15, 0.2) is 83.8 Å². The number of para-hydroxylation sites is 1.